The molecule has 0 saturated carbocycles. The Morgan fingerprint density at radius 1 is 1.50 bits per heavy atom. The summed E-state index contributed by atoms with van der Waals surface area (Å²) >= 11 is 0. The Morgan fingerprint density at radius 2 is 2.11 bits per heavy atom. The van der Waals surface area contributed by atoms with Gasteiger partial charge in [-0.15, -0.1) is 0 Å². The third-order valence-electron chi connectivity index (χ3n) is 2.75. The van der Waals surface area contributed by atoms with Crippen LogP contribution in [0.2, 0.25) is 0 Å². The molecule has 0 aromatic heterocycles. The minimum absolute atomic E-state index is 0.159. The van der Waals surface area contributed by atoms with E-state index < -0.39 is 11.6 Å². The molecule has 4 nitrogen and oxygen atoms in total. The van der Waals surface area contributed by atoms with E-state index in [4.69, 9.17) is 10.8 Å². The zero-order valence-electron chi connectivity index (χ0n) is 10.8. The zero-order chi connectivity index (χ0) is 13.9. The average Bonchev–Trinajstić information content (AvgIpc) is 2.22. The Kier molecular flexibility index (Phi) is 4.29. The molecule has 1 aromatic rings. The molecule has 0 aliphatic carbocycles. The van der Waals surface area contributed by atoms with E-state index in [0.29, 0.717) is 5.69 Å². The molecule has 1 atom stereocenters. The highest BCUT2D eigenvalue weighted by molar-refractivity contribution is 5.91. The van der Waals surface area contributed by atoms with Crippen LogP contribution in [0, 0.1) is 11.2 Å². The number of phenolic OH excluding ortho intramolecular Hbond substituents is 1. The number of carbonyl (C=O) groups is 1. The minimum atomic E-state index is -0.770. The maximum Gasteiger partial charge on any atom is 0.225 e. The number of halogens is 1. The summed E-state index contributed by atoms with van der Waals surface area (Å²) in [6.07, 6.45) is 0.159. The lowest BCUT2D eigenvalue weighted by atomic mass is 9.85. The van der Waals surface area contributed by atoms with Gasteiger partial charge in [0.05, 0.1) is 0 Å². The van der Waals surface area contributed by atoms with Gasteiger partial charge in [-0.05, 0) is 17.5 Å². The number of benzene rings is 1. The van der Waals surface area contributed by atoms with Gasteiger partial charge in [0, 0.05) is 24.2 Å². The molecule has 18 heavy (non-hydrogen) atoms. The van der Waals surface area contributed by atoms with Crippen molar-refractivity contribution in [3.8, 4) is 5.75 Å². The van der Waals surface area contributed by atoms with Crippen molar-refractivity contribution in [3.63, 3.8) is 0 Å². The van der Waals surface area contributed by atoms with E-state index in [1.807, 2.05) is 20.8 Å². The Balaban J connectivity index is 2.62. The molecule has 0 saturated heterocycles. The van der Waals surface area contributed by atoms with E-state index >= 15 is 0 Å². The van der Waals surface area contributed by atoms with Crippen molar-refractivity contribution in [2.75, 3.05) is 5.32 Å². The first-order valence-electron chi connectivity index (χ1n) is 5.74. The van der Waals surface area contributed by atoms with Gasteiger partial charge in [-0.3, -0.25) is 4.79 Å². The number of hydrogen-bond donors (Lipinski definition) is 3. The van der Waals surface area contributed by atoms with Crippen LogP contribution >= 0.6 is 0 Å². The number of hydrogen-bond acceptors (Lipinski definition) is 3. The lowest BCUT2D eigenvalue weighted by Crippen LogP contribution is -2.38. The first kappa shape index (κ1) is 14.4. The molecule has 0 spiro atoms. The van der Waals surface area contributed by atoms with Crippen LogP contribution in [0.5, 0.6) is 5.75 Å². The lowest BCUT2D eigenvalue weighted by molar-refractivity contribution is -0.117. The summed E-state index contributed by atoms with van der Waals surface area (Å²) in [6.45, 7) is 5.85. The van der Waals surface area contributed by atoms with E-state index in [1.54, 1.807) is 0 Å². The van der Waals surface area contributed by atoms with E-state index in [0.717, 1.165) is 6.07 Å². The van der Waals surface area contributed by atoms with Gasteiger partial charge >= 0.3 is 0 Å². The number of anilines is 1. The van der Waals surface area contributed by atoms with Gasteiger partial charge in [-0.25, -0.2) is 4.39 Å². The fourth-order valence-corrected chi connectivity index (χ4v) is 1.30. The molecule has 100 valence electrons. The fourth-order valence-electron chi connectivity index (χ4n) is 1.30. The summed E-state index contributed by atoms with van der Waals surface area (Å²) in [7, 11) is 0. The number of aromatic hydroxyl groups is 1. The largest absolute Gasteiger partial charge is 0.505 e. The van der Waals surface area contributed by atoms with Crippen LogP contribution in [0.25, 0.3) is 0 Å². The summed E-state index contributed by atoms with van der Waals surface area (Å²) in [5.41, 5.74) is 6.02. The van der Waals surface area contributed by atoms with E-state index in [9.17, 15) is 9.18 Å². The number of phenols is 1. The Bertz CT molecular complexity index is 441. The standard InChI is InChI=1S/C13H19FN2O2/c1-13(2,3)11(15)7-12(18)16-8-4-5-10(17)9(14)6-8/h4-6,11,17H,7,15H2,1-3H3,(H,16,18). The Hall–Kier alpha value is -1.62. The average molecular weight is 254 g/mol. The molecule has 0 radical (unpaired) electrons. The van der Waals surface area contributed by atoms with Crippen molar-refractivity contribution in [1.29, 1.82) is 0 Å². The second-order valence-corrected chi connectivity index (χ2v) is 5.39. The molecule has 5 heteroatoms. The van der Waals surface area contributed by atoms with Crippen molar-refractivity contribution in [2.24, 2.45) is 11.1 Å². The second kappa shape index (κ2) is 5.35. The number of amides is 1. The molecular weight excluding hydrogens is 235 g/mol. The smallest absolute Gasteiger partial charge is 0.225 e. The van der Waals surface area contributed by atoms with Gasteiger partial charge in [0.15, 0.2) is 11.6 Å². The van der Waals surface area contributed by atoms with E-state index in [1.165, 1.54) is 12.1 Å². The number of carbonyl (C=O) groups excluding carboxylic acids is 1. The van der Waals surface area contributed by atoms with Crippen molar-refractivity contribution in [1.82, 2.24) is 0 Å². The SMILES string of the molecule is CC(C)(C)C(N)CC(=O)Nc1ccc(O)c(F)c1. The van der Waals surface area contributed by atoms with Gasteiger partial charge in [-0.1, -0.05) is 20.8 Å². The summed E-state index contributed by atoms with van der Waals surface area (Å²) < 4.78 is 13.1. The molecule has 1 unspecified atom stereocenters. The molecule has 0 heterocycles. The minimum Gasteiger partial charge on any atom is -0.505 e. The molecule has 1 amide bonds. The quantitative estimate of drug-likeness (QED) is 0.724. The maximum absolute atomic E-state index is 13.1. The molecule has 0 aliphatic heterocycles. The monoisotopic (exact) mass is 254 g/mol. The lowest BCUT2D eigenvalue weighted by Gasteiger charge is -2.26. The van der Waals surface area contributed by atoms with Crippen molar-refractivity contribution in [3.05, 3.63) is 24.0 Å². The highest BCUT2D eigenvalue weighted by Gasteiger charge is 2.23. The van der Waals surface area contributed by atoms with Gasteiger partial charge in [0.2, 0.25) is 5.91 Å². The molecule has 1 rings (SSSR count). The molecule has 0 bridgehead atoms. The number of nitrogens with two attached hydrogens (primary N) is 1. The van der Waals surface area contributed by atoms with Crippen molar-refractivity contribution in [2.45, 2.75) is 33.2 Å². The summed E-state index contributed by atoms with van der Waals surface area (Å²) in [4.78, 5) is 11.7. The molecule has 1 aromatic carbocycles. The third kappa shape index (κ3) is 4.00. The van der Waals surface area contributed by atoms with Crippen LogP contribution in [-0.4, -0.2) is 17.1 Å². The predicted molar refractivity (Wildman–Crippen MR) is 68.7 cm³/mol. The molecule has 0 aliphatic rings. The van der Waals surface area contributed by atoms with Crippen LogP contribution in [0.4, 0.5) is 10.1 Å². The van der Waals surface area contributed by atoms with Crippen LogP contribution in [0.15, 0.2) is 18.2 Å². The van der Waals surface area contributed by atoms with E-state index in [-0.39, 0.29) is 23.8 Å². The Morgan fingerprint density at radius 3 is 2.61 bits per heavy atom. The fraction of sp³-hybridized carbons (Fsp3) is 0.462. The maximum atomic E-state index is 13.1. The molecular formula is C13H19FN2O2. The van der Waals surface area contributed by atoms with Gasteiger partial charge in [0.25, 0.3) is 0 Å². The number of rotatable bonds is 3. The highest BCUT2D eigenvalue weighted by Crippen LogP contribution is 2.22. The summed E-state index contributed by atoms with van der Waals surface area (Å²) in [5.74, 6) is -1.49. The molecule has 0 fully saturated rings. The molecule has 4 N–H and O–H groups in total. The first-order valence-corrected chi connectivity index (χ1v) is 5.74. The first-order chi connectivity index (χ1) is 8.20. The second-order valence-electron chi connectivity index (χ2n) is 5.39. The van der Waals surface area contributed by atoms with Crippen LogP contribution < -0.4 is 11.1 Å². The van der Waals surface area contributed by atoms with Crippen molar-refractivity contribution >= 4 is 11.6 Å². The van der Waals surface area contributed by atoms with Crippen LogP contribution in [-0.2, 0) is 4.79 Å². The highest BCUT2D eigenvalue weighted by atomic mass is 19.1. The van der Waals surface area contributed by atoms with Gasteiger partial charge in [-0.2, -0.15) is 0 Å². The van der Waals surface area contributed by atoms with E-state index in [2.05, 4.69) is 5.32 Å². The van der Waals surface area contributed by atoms with Crippen molar-refractivity contribution < 1.29 is 14.3 Å². The third-order valence-corrected chi connectivity index (χ3v) is 2.75. The van der Waals surface area contributed by atoms with Gasteiger partial charge < -0.3 is 16.2 Å². The predicted octanol–water partition coefficient (Wildman–Crippen LogP) is 2.23. The topological polar surface area (TPSA) is 75.4 Å². The zero-order valence-corrected chi connectivity index (χ0v) is 10.8. The van der Waals surface area contributed by atoms with Crippen LogP contribution in [0.3, 0.4) is 0 Å². The van der Waals surface area contributed by atoms with Gasteiger partial charge in [0.1, 0.15) is 0 Å². The van der Waals surface area contributed by atoms with Crippen LogP contribution in [0.1, 0.15) is 27.2 Å². The normalized spacial score (nSPS) is 13.2. The number of nitrogens with one attached hydrogen (secondary N) is 1. The summed E-state index contributed by atoms with van der Waals surface area (Å²) in [6, 6.07) is 3.41. The Labute approximate surface area is 106 Å². The summed E-state index contributed by atoms with van der Waals surface area (Å²) in [5, 5.41) is 11.6.